The van der Waals surface area contributed by atoms with Gasteiger partial charge >= 0.3 is 0 Å². The van der Waals surface area contributed by atoms with Gasteiger partial charge in [0.1, 0.15) is 12.7 Å². The van der Waals surface area contributed by atoms with Gasteiger partial charge in [-0.2, -0.15) is 0 Å². The van der Waals surface area contributed by atoms with Gasteiger partial charge in [0, 0.05) is 6.07 Å². The summed E-state index contributed by atoms with van der Waals surface area (Å²) < 4.78 is 10.1. The van der Waals surface area contributed by atoms with Crippen molar-refractivity contribution in [3.8, 4) is 11.5 Å². The Bertz CT molecular complexity index is 388. The van der Waals surface area contributed by atoms with E-state index in [1.165, 1.54) is 18.2 Å². The molecule has 1 atom stereocenters. The van der Waals surface area contributed by atoms with Gasteiger partial charge in [0.15, 0.2) is 11.5 Å². The van der Waals surface area contributed by atoms with Crippen LogP contribution >= 0.6 is 0 Å². The van der Waals surface area contributed by atoms with Crippen LogP contribution in [0.1, 0.15) is 0 Å². The Morgan fingerprint density at radius 3 is 3.00 bits per heavy atom. The van der Waals surface area contributed by atoms with Crippen molar-refractivity contribution in [2.45, 2.75) is 6.10 Å². The van der Waals surface area contributed by atoms with E-state index < -0.39 is 4.92 Å². The molecule has 0 radical (unpaired) electrons. The summed E-state index contributed by atoms with van der Waals surface area (Å²) in [5.41, 5.74) is -0.112. The molecule has 15 heavy (non-hydrogen) atoms. The number of nitro groups is 1. The van der Waals surface area contributed by atoms with Gasteiger partial charge in [0.05, 0.1) is 17.6 Å². The molecule has 1 aromatic rings. The zero-order valence-corrected chi connectivity index (χ0v) is 7.75. The molecule has 0 aromatic heterocycles. The number of hydrogen-bond donors (Lipinski definition) is 1. The van der Waals surface area contributed by atoms with Crippen LogP contribution in [0.2, 0.25) is 0 Å². The first kappa shape index (κ1) is 9.72. The van der Waals surface area contributed by atoms with Crippen LogP contribution in [-0.2, 0) is 4.74 Å². The Morgan fingerprint density at radius 1 is 1.67 bits per heavy atom. The molecule has 1 aliphatic heterocycles. The maximum absolute atomic E-state index is 10.5. The van der Waals surface area contributed by atoms with Gasteiger partial charge in [0.2, 0.25) is 0 Å². The van der Waals surface area contributed by atoms with E-state index in [0.29, 0.717) is 13.2 Å². The molecule has 6 heteroatoms. The maximum atomic E-state index is 10.5. The highest BCUT2D eigenvalue weighted by atomic mass is 16.6. The molecular weight excluding hydrogens is 202 g/mol. The third kappa shape index (κ3) is 2.35. The van der Waals surface area contributed by atoms with Crippen molar-refractivity contribution in [3.05, 3.63) is 28.3 Å². The monoisotopic (exact) mass is 211 g/mol. The average molecular weight is 211 g/mol. The highest BCUT2D eigenvalue weighted by molar-refractivity contribution is 5.47. The largest absolute Gasteiger partial charge is 0.504 e. The summed E-state index contributed by atoms with van der Waals surface area (Å²) >= 11 is 0. The van der Waals surface area contributed by atoms with Crippen LogP contribution in [0.4, 0.5) is 5.69 Å². The molecule has 1 fully saturated rings. The first-order chi connectivity index (χ1) is 7.16. The van der Waals surface area contributed by atoms with Gasteiger partial charge in [-0.05, 0) is 6.07 Å². The summed E-state index contributed by atoms with van der Waals surface area (Å²) in [5, 5.41) is 19.8. The lowest BCUT2D eigenvalue weighted by molar-refractivity contribution is -0.385. The normalized spacial score (nSPS) is 18.5. The van der Waals surface area contributed by atoms with E-state index in [1.54, 1.807) is 0 Å². The van der Waals surface area contributed by atoms with E-state index in [2.05, 4.69) is 0 Å². The first-order valence-electron chi connectivity index (χ1n) is 4.38. The fourth-order valence-electron chi connectivity index (χ4n) is 1.08. The minimum Gasteiger partial charge on any atom is -0.504 e. The Labute approximate surface area is 85.2 Å². The third-order valence-corrected chi connectivity index (χ3v) is 1.98. The van der Waals surface area contributed by atoms with Crippen molar-refractivity contribution in [2.24, 2.45) is 0 Å². The number of phenolic OH excluding ortho intramolecular Hbond substituents is 1. The second-order valence-electron chi connectivity index (χ2n) is 3.18. The first-order valence-corrected chi connectivity index (χ1v) is 4.38. The molecule has 6 nitrogen and oxygen atoms in total. The smallest absolute Gasteiger partial charge is 0.273 e. The molecule has 80 valence electrons. The zero-order valence-electron chi connectivity index (χ0n) is 7.75. The minimum atomic E-state index is -0.542. The van der Waals surface area contributed by atoms with Gasteiger partial charge in [0.25, 0.3) is 5.69 Å². The summed E-state index contributed by atoms with van der Waals surface area (Å²) in [5.74, 6) is 0.000880. The number of nitro benzene ring substituents is 1. The Balaban J connectivity index is 2.12. The van der Waals surface area contributed by atoms with Crippen LogP contribution in [-0.4, -0.2) is 29.3 Å². The summed E-state index contributed by atoms with van der Waals surface area (Å²) in [6, 6.07) is 3.65. The van der Waals surface area contributed by atoms with Crippen LogP contribution < -0.4 is 4.74 Å². The van der Waals surface area contributed by atoms with Crippen LogP contribution in [0.5, 0.6) is 11.5 Å². The van der Waals surface area contributed by atoms with Crippen molar-refractivity contribution >= 4 is 5.69 Å². The Morgan fingerprint density at radius 2 is 2.40 bits per heavy atom. The topological polar surface area (TPSA) is 85.1 Å². The zero-order chi connectivity index (χ0) is 10.8. The molecule has 1 N–H and O–H groups in total. The van der Waals surface area contributed by atoms with Crippen LogP contribution in [0.25, 0.3) is 0 Å². The summed E-state index contributed by atoms with van der Waals surface area (Å²) in [6.07, 6.45) is 0.0451. The second kappa shape index (κ2) is 3.74. The van der Waals surface area contributed by atoms with Crippen LogP contribution in [0.15, 0.2) is 18.2 Å². The lowest BCUT2D eigenvalue weighted by Crippen LogP contribution is -2.04. The summed E-state index contributed by atoms with van der Waals surface area (Å²) in [6.45, 7) is 0.935. The van der Waals surface area contributed by atoms with Crippen molar-refractivity contribution in [3.63, 3.8) is 0 Å². The van der Waals surface area contributed by atoms with Crippen LogP contribution in [0.3, 0.4) is 0 Å². The summed E-state index contributed by atoms with van der Waals surface area (Å²) in [4.78, 5) is 9.92. The van der Waals surface area contributed by atoms with Gasteiger partial charge < -0.3 is 14.6 Å². The Hall–Kier alpha value is -1.82. The number of aromatic hydroxyl groups is 1. The van der Waals surface area contributed by atoms with E-state index in [9.17, 15) is 15.2 Å². The molecule has 1 heterocycles. The average Bonchev–Trinajstić information content (AvgIpc) is 3.00. The molecule has 0 amide bonds. The predicted molar refractivity (Wildman–Crippen MR) is 50.0 cm³/mol. The highest BCUT2D eigenvalue weighted by Gasteiger charge is 2.24. The lowest BCUT2D eigenvalue weighted by atomic mass is 10.3. The number of hydrogen-bond acceptors (Lipinski definition) is 5. The second-order valence-corrected chi connectivity index (χ2v) is 3.18. The number of benzene rings is 1. The van der Waals surface area contributed by atoms with Crippen molar-refractivity contribution in [1.82, 2.24) is 0 Å². The fraction of sp³-hybridized carbons (Fsp3) is 0.333. The molecule has 0 aliphatic carbocycles. The predicted octanol–water partition coefficient (Wildman–Crippen LogP) is 1.08. The number of nitrogens with zero attached hydrogens (tertiary/aromatic N) is 1. The molecule has 0 saturated carbocycles. The van der Waals surface area contributed by atoms with Crippen molar-refractivity contribution in [2.75, 3.05) is 13.2 Å². The number of phenols is 1. The van der Waals surface area contributed by atoms with Crippen molar-refractivity contribution in [1.29, 1.82) is 0 Å². The molecule has 1 unspecified atom stereocenters. The Kier molecular flexibility index (Phi) is 2.42. The lowest BCUT2D eigenvalue weighted by Gasteiger charge is -2.05. The van der Waals surface area contributed by atoms with E-state index >= 15 is 0 Å². The number of rotatable bonds is 4. The SMILES string of the molecule is O=[N+]([O-])c1ccc(O)c(OCC2CO2)c1. The molecule has 0 bridgehead atoms. The van der Waals surface area contributed by atoms with Crippen molar-refractivity contribution < 1.29 is 19.5 Å². The minimum absolute atomic E-state index is 0.0451. The molecule has 1 saturated heterocycles. The third-order valence-electron chi connectivity index (χ3n) is 1.98. The van der Waals surface area contributed by atoms with E-state index in [1.807, 2.05) is 0 Å². The standard InChI is InChI=1S/C9H9NO5/c11-8-2-1-6(10(12)13)3-9(8)15-5-7-4-14-7/h1-3,7,11H,4-5H2. The molecule has 2 rings (SSSR count). The van der Waals surface area contributed by atoms with Crippen LogP contribution in [0, 0.1) is 10.1 Å². The molecule has 1 aromatic carbocycles. The molecular formula is C9H9NO5. The molecule has 1 aliphatic rings. The van der Waals surface area contributed by atoms with E-state index in [-0.39, 0.29) is 23.3 Å². The number of non-ortho nitro benzene ring substituents is 1. The van der Waals surface area contributed by atoms with E-state index in [0.717, 1.165) is 0 Å². The summed E-state index contributed by atoms with van der Waals surface area (Å²) in [7, 11) is 0. The quantitative estimate of drug-likeness (QED) is 0.457. The fourth-order valence-corrected chi connectivity index (χ4v) is 1.08. The van der Waals surface area contributed by atoms with Gasteiger partial charge in [-0.3, -0.25) is 10.1 Å². The number of ether oxygens (including phenoxy) is 2. The van der Waals surface area contributed by atoms with E-state index in [4.69, 9.17) is 9.47 Å². The molecule has 0 spiro atoms. The van der Waals surface area contributed by atoms with Gasteiger partial charge in [-0.1, -0.05) is 0 Å². The number of epoxide rings is 1. The maximum Gasteiger partial charge on any atom is 0.273 e. The highest BCUT2D eigenvalue weighted by Crippen LogP contribution is 2.30. The van der Waals surface area contributed by atoms with Gasteiger partial charge in [-0.25, -0.2) is 0 Å². The van der Waals surface area contributed by atoms with Gasteiger partial charge in [-0.15, -0.1) is 0 Å².